The van der Waals surface area contributed by atoms with Gasteiger partial charge in [-0.2, -0.15) is 0 Å². The first kappa shape index (κ1) is 14.3. The molecule has 1 heterocycles. The van der Waals surface area contributed by atoms with Gasteiger partial charge in [0.15, 0.2) is 0 Å². The van der Waals surface area contributed by atoms with Gasteiger partial charge < -0.3 is 10.3 Å². The molecule has 110 valence electrons. The number of rotatable bonds is 2. The third kappa shape index (κ3) is 2.99. The number of hydrogen-bond acceptors (Lipinski definition) is 6. The molecule has 0 aliphatic carbocycles. The minimum Gasteiger partial charge on any atom is -0.722 e. The van der Waals surface area contributed by atoms with Gasteiger partial charge in [-0.1, -0.05) is 11.2 Å². The van der Waals surface area contributed by atoms with Crippen LogP contribution < -0.4 is 15.8 Å². The number of anilines is 1. The average molecular weight is 361 g/mol. The third-order valence-corrected chi connectivity index (χ3v) is 3.50. The van der Waals surface area contributed by atoms with E-state index in [0.29, 0.717) is 26.0 Å². The summed E-state index contributed by atoms with van der Waals surface area (Å²) >= 11 is 3.22. The zero-order valence-electron chi connectivity index (χ0n) is 11.0. The molecule has 0 unspecified atom stereocenters. The highest BCUT2D eigenvalue weighted by atomic mass is 79.9. The molecule has 0 saturated heterocycles. The Morgan fingerprint density at radius 2 is 2.18 bits per heavy atom. The van der Waals surface area contributed by atoms with E-state index in [9.17, 15) is 10.3 Å². The van der Waals surface area contributed by atoms with E-state index in [2.05, 4.69) is 35.9 Å². The van der Waals surface area contributed by atoms with Crippen LogP contribution >= 0.6 is 15.9 Å². The minimum absolute atomic E-state index is 0.161. The summed E-state index contributed by atoms with van der Waals surface area (Å²) in [6, 6.07) is 10.0. The van der Waals surface area contributed by atoms with E-state index in [1.165, 1.54) is 6.20 Å². The second kappa shape index (κ2) is 5.98. The molecule has 2 aromatic rings. The molecule has 0 atom stereocenters. The van der Waals surface area contributed by atoms with Crippen LogP contribution in [0.2, 0.25) is 0 Å². The van der Waals surface area contributed by atoms with Crippen molar-refractivity contribution in [3.63, 3.8) is 0 Å². The zero-order valence-corrected chi connectivity index (χ0v) is 12.6. The monoisotopic (exact) mass is 360 g/mol. The van der Waals surface area contributed by atoms with Crippen molar-refractivity contribution in [3.05, 3.63) is 62.2 Å². The Bertz CT molecular complexity index is 907. The number of phenolic OH excluding ortho intramolecular Hbond substituents is 1. The standard InChI is InChI=1S/C14H8BrN4O3/c15-11-5-9(2-4-14(11)20)7-16-17-8-10-1-3-12-13(6-10)19(21)22-18-12/h1-8H/q-1/p+1/b10-8+. The van der Waals surface area contributed by atoms with Crippen molar-refractivity contribution in [2.75, 3.05) is 5.23 Å². The van der Waals surface area contributed by atoms with Crippen molar-refractivity contribution >= 4 is 34.0 Å². The highest BCUT2D eigenvalue weighted by molar-refractivity contribution is 9.10. The molecule has 1 aliphatic heterocycles. The molecule has 1 aliphatic rings. The van der Waals surface area contributed by atoms with Gasteiger partial charge in [0.1, 0.15) is 22.4 Å². The van der Waals surface area contributed by atoms with Gasteiger partial charge in [0.2, 0.25) is 0 Å². The minimum atomic E-state index is 0.161. The smallest absolute Gasteiger partial charge is 0.338 e. The fourth-order valence-electron chi connectivity index (χ4n) is 1.77. The van der Waals surface area contributed by atoms with E-state index < -0.39 is 0 Å². The molecular formula is C14H9BrN4O3. The van der Waals surface area contributed by atoms with Gasteiger partial charge in [0.25, 0.3) is 0 Å². The highest BCUT2D eigenvalue weighted by Crippen LogP contribution is 2.23. The summed E-state index contributed by atoms with van der Waals surface area (Å²) in [6.45, 7) is 0. The Hall–Kier alpha value is -2.67. The lowest BCUT2D eigenvalue weighted by Gasteiger charge is -2.19. The largest absolute Gasteiger partial charge is 0.722 e. The maximum absolute atomic E-state index is 11.3. The van der Waals surface area contributed by atoms with Gasteiger partial charge in [-0.25, -0.2) is 5.23 Å². The number of fused-ring (bicyclic) bond motifs is 1. The summed E-state index contributed by atoms with van der Waals surface area (Å²) in [5.41, 5.74) is 1.11. The number of benzene rings is 2. The van der Waals surface area contributed by atoms with Crippen LogP contribution in [-0.4, -0.2) is 16.1 Å². The van der Waals surface area contributed by atoms with Crippen LogP contribution in [0.15, 0.2) is 51.1 Å². The maximum Gasteiger partial charge on any atom is 0.338 e. The molecule has 1 N–H and O–H groups in total. The zero-order chi connectivity index (χ0) is 15.5. The summed E-state index contributed by atoms with van der Waals surface area (Å²) in [5.74, 6) is 0.161. The van der Waals surface area contributed by atoms with Crippen molar-refractivity contribution in [3.8, 4) is 5.75 Å². The van der Waals surface area contributed by atoms with E-state index in [0.717, 1.165) is 5.56 Å². The molecule has 0 radical (unpaired) electrons. The normalized spacial score (nSPS) is 13.0. The van der Waals surface area contributed by atoms with Crippen molar-refractivity contribution in [1.82, 2.24) is 0 Å². The van der Waals surface area contributed by atoms with E-state index >= 15 is 0 Å². The van der Waals surface area contributed by atoms with Crippen molar-refractivity contribution in [2.24, 2.45) is 10.3 Å². The van der Waals surface area contributed by atoms with Crippen molar-refractivity contribution in [2.45, 2.75) is 0 Å². The number of halogens is 1. The molecule has 3 rings (SSSR count). The summed E-state index contributed by atoms with van der Waals surface area (Å²) in [4.78, 5) is 8.40. The highest BCUT2D eigenvalue weighted by Gasteiger charge is 2.06. The fraction of sp³-hybridized carbons (Fsp3) is 0. The molecule has 0 saturated carbocycles. The second-order valence-electron chi connectivity index (χ2n) is 4.38. The van der Waals surface area contributed by atoms with Crippen LogP contribution in [0.5, 0.6) is 5.75 Å². The van der Waals surface area contributed by atoms with Crippen LogP contribution in [0, 0.1) is 5.21 Å². The van der Waals surface area contributed by atoms with Crippen molar-refractivity contribution < 1.29 is 14.8 Å². The average Bonchev–Trinajstić information content (AvgIpc) is 2.88. The van der Waals surface area contributed by atoms with E-state index in [1.807, 2.05) is 0 Å². The Balaban J connectivity index is 1.84. The molecule has 8 heteroatoms. The van der Waals surface area contributed by atoms with Crippen LogP contribution in [0.3, 0.4) is 0 Å². The van der Waals surface area contributed by atoms with Gasteiger partial charge in [0, 0.05) is 5.22 Å². The lowest BCUT2D eigenvalue weighted by atomic mass is 10.2. The Labute approximate surface area is 132 Å². The van der Waals surface area contributed by atoms with E-state index in [4.69, 9.17) is 0 Å². The molecule has 7 nitrogen and oxygen atoms in total. The van der Waals surface area contributed by atoms with Crippen LogP contribution in [-0.2, 0) is 4.94 Å². The number of hydrogen-bond donors (Lipinski definition) is 1. The number of aromatic hydroxyl groups is 1. The first-order valence-corrected chi connectivity index (χ1v) is 6.97. The molecule has 0 spiro atoms. The van der Waals surface area contributed by atoms with Gasteiger partial charge in [-0.05, 0) is 46.3 Å². The Morgan fingerprint density at radius 1 is 1.32 bits per heavy atom. The Kier molecular flexibility index (Phi) is 3.88. The van der Waals surface area contributed by atoms with Crippen LogP contribution in [0.4, 0.5) is 5.69 Å². The predicted octanol–water partition coefficient (Wildman–Crippen LogP) is 1.46. The van der Waals surface area contributed by atoms with Gasteiger partial charge in [0.05, 0.1) is 20.5 Å². The fourth-order valence-corrected chi connectivity index (χ4v) is 2.17. The van der Waals surface area contributed by atoms with Gasteiger partial charge >= 0.3 is 6.21 Å². The second-order valence-corrected chi connectivity index (χ2v) is 5.23. The van der Waals surface area contributed by atoms with Crippen molar-refractivity contribution in [1.29, 1.82) is 0 Å². The lowest BCUT2D eigenvalue weighted by molar-refractivity contribution is -0.0661. The Morgan fingerprint density at radius 3 is 3.00 bits per heavy atom. The van der Waals surface area contributed by atoms with E-state index in [-0.39, 0.29) is 5.75 Å². The van der Waals surface area contributed by atoms with Crippen LogP contribution in [0.1, 0.15) is 5.56 Å². The maximum atomic E-state index is 11.3. The number of phenols is 1. The SMILES string of the molecule is [O-]N1ON=c2cc/c(=C\N=[N+]=Cc3ccc(O)c(Br)c3)cc21. The van der Waals surface area contributed by atoms with E-state index in [1.54, 1.807) is 42.6 Å². The molecule has 2 aromatic carbocycles. The van der Waals surface area contributed by atoms with Crippen LogP contribution in [0.25, 0.3) is 6.20 Å². The molecule has 0 amide bonds. The number of nitrogens with zero attached hydrogens (tertiary/aromatic N) is 4. The summed E-state index contributed by atoms with van der Waals surface area (Å²) in [5, 5.41) is 29.7. The molecular weight excluding hydrogens is 352 g/mol. The first-order chi connectivity index (χ1) is 10.6. The van der Waals surface area contributed by atoms with Gasteiger partial charge in [-0.3, -0.25) is 4.94 Å². The predicted molar refractivity (Wildman–Crippen MR) is 82.3 cm³/mol. The lowest BCUT2D eigenvalue weighted by Crippen LogP contribution is -2.15. The molecule has 0 bridgehead atoms. The summed E-state index contributed by atoms with van der Waals surface area (Å²) < 4.78 is 0.582. The molecule has 22 heavy (non-hydrogen) atoms. The van der Waals surface area contributed by atoms with Gasteiger partial charge in [-0.15, -0.1) is 0 Å². The molecule has 0 fully saturated rings. The summed E-state index contributed by atoms with van der Waals surface area (Å²) in [6.07, 6.45) is 3.06. The first-order valence-electron chi connectivity index (χ1n) is 6.18. The quantitative estimate of drug-likeness (QED) is 0.498. The molecule has 0 aromatic heterocycles. The third-order valence-electron chi connectivity index (χ3n) is 2.86. The summed E-state index contributed by atoms with van der Waals surface area (Å²) in [7, 11) is 0. The topological polar surface area (TPSA) is 94.6 Å².